The third kappa shape index (κ3) is 2.37. The maximum absolute atomic E-state index is 12.1. The normalized spacial score (nSPS) is 10.6. The quantitative estimate of drug-likeness (QED) is 0.552. The monoisotopic (exact) mass is 263 g/mol. The second-order valence-electron chi connectivity index (χ2n) is 3.88. The zero-order chi connectivity index (χ0) is 14.0. The van der Waals surface area contributed by atoms with Crippen molar-refractivity contribution in [2.24, 2.45) is 7.05 Å². The first-order valence-corrected chi connectivity index (χ1v) is 5.65. The molecule has 0 aliphatic heterocycles. The van der Waals surface area contributed by atoms with Gasteiger partial charge in [0.2, 0.25) is 0 Å². The highest BCUT2D eigenvalue weighted by molar-refractivity contribution is 5.87. The van der Waals surface area contributed by atoms with E-state index in [1.54, 1.807) is 14.0 Å². The van der Waals surface area contributed by atoms with E-state index < -0.39 is 5.97 Å². The number of ether oxygens (including phenoxy) is 1. The molecule has 8 nitrogen and oxygen atoms in total. The lowest BCUT2D eigenvalue weighted by Crippen LogP contribution is -2.26. The van der Waals surface area contributed by atoms with Gasteiger partial charge in [-0.15, -0.1) is 5.10 Å². The summed E-state index contributed by atoms with van der Waals surface area (Å²) >= 11 is 0. The van der Waals surface area contributed by atoms with E-state index >= 15 is 0 Å². The smallest absolute Gasteiger partial charge is 0.335 e. The van der Waals surface area contributed by atoms with E-state index in [1.807, 2.05) is 0 Å². The zero-order valence-corrected chi connectivity index (χ0v) is 10.7. The number of hydrogen-bond acceptors (Lipinski definition) is 6. The molecule has 19 heavy (non-hydrogen) atoms. The molecule has 0 unspecified atom stereocenters. The average molecular weight is 263 g/mol. The van der Waals surface area contributed by atoms with Crippen LogP contribution in [0.2, 0.25) is 0 Å². The molecule has 0 radical (unpaired) electrons. The van der Waals surface area contributed by atoms with E-state index in [1.165, 1.54) is 10.9 Å². The second-order valence-corrected chi connectivity index (χ2v) is 3.88. The van der Waals surface area contributed by atoms with E-state index in [0.29, 0.717) is 11.0 Å². The Balaban J connectivity index is 2.32. The van der Waals surface area contributed by atoms with Gasteiger partial charge in [-0.1, -0.05) is 11.8 Å². The number of aryl methyl sites for hydroxylation is 1. The Morgan fingerprint density at radius 1 is 1.53 bits per heavy atom. The summed E-state index contributed by atoms with van der Waals surface area (Å²) in [5, 5.41) is 11.9. The lowest BCUT2D eigenvalue weighted by molar-refractivity contribution is -0.138. The van der Waals surface area contributed by atoms with Crippen molar-refractivity contribution in [2.75, 3.05) is 6.61 Å². The molecule has 2 rings (SSSR count). The van der Waals surface area contributed by atoms with Crippen LogP contribution in [0.3, 0.4) is 0 Å². The van der Waals surface area contributed by atoms with Crippen molar-refractivity contribution >= 4 is 17.0 Å². The highest BCUT2D eigenvalue weighted by Crippen LogP contribution is 2.03. The number of fused-ring (bicyclic) bond motifs is 1. The van der Waals surface area contributed by atoms with Gasteiger partial charge >= 0.3 is 5.97 Å². The summed E-state index contributed by atoms with van der Waals surface area (Å²) in [6.07, 6.45) is 1.41. The fourth-order valence-electron chi connectivity index (χ4n) is 1.56. The molecule has 0 saturated carbocycles. The first kappa shape index (κ1) is 12.9. The topological polar surface area (TPSA) is 91.9 Å². The van der Waals surface area contributed by atoms with Crippen LogP contribution in [0.4, 0.5) is 0 Å². The second kappa shape index (κ2) is 5.01. The molecule has 2 heterocycles. The largest absolute Gasteiger partial charge is 0.463 e. The molecule has 2 aromatic rings. The fraction of sp³-hybridized carbons (Fsp3) is 0.364. The molecule has 0 aromatic carbocycles. The molecule has 0 amide bonds. The van der Waals surface area contributed by atoms with Gasteiger partial charge < -0.3 is 4.74 Å². The van der Waals surface area contributed by atoms with Gasteiger partial charge in [0.25, 0.3) is 5.56 Å². The zero-order valence-electron chi connectivity index (χ0n) is 10.7. The van der Waals surface area contributed by atoms with E-state index in [0.717, 1.165) is 4.68 Å². The molecule has 100 valence electrons. The Morgan fingerprint density at radius 2 is 2.26 bits per heavy atom. The van der Waals surface area contributed by atoms with Crippen molar-refractivity contribution in [2.45, 2.75) is 13.5 Å². The molecular weight excluding hydrogens is 250 g/mol. The minimum atomic E-state index is -0.553. The summed E-state index contributed by atoms with van der Waals surface area (Å²) in [5.41, 5.74) is 0.160. The molecule has 0 N–H and O–H groups in total. The maximum atomic E-state index is 12.1. The van der Waals surface area contributed by atoms with Crippen LogP contribution in [0.25, 0.3) is 11.0 Å². The van der Waals surface area contributed by atoms with Gasteiger partial charge in [0, 0.05) is 7.05 Å². The minimum Gasteiger partial charge on any atom is -0.463 e. The summed E-state index contributed by atoms with van der Waals surface area (Å²) in [5.74, 6) is -0.553. The molecule has 0 atom stereocenters. The lowest BCUT2D eigenvalue weighted by Gasteiger charge is -2.06. The van der Waals surface area contributed by atoms with Crippen LogP contribution < -0.4 is 5.56 Å². The minimum absolute atomic E-state index is 0.0600. The van der Waals surface area contributed by atoms with Gasteiger partial charge in [-0.3, -0.25) is 4.79 Å². The summed E-state index contributed by atoms with van der Waals surface area (Å²) in [4.78, 5) is 23.5. The van der Waals surface area contributed by atoms with Crippen LogP contribution in [-0.2, 0) is 23.1 Å². The Morgan fingerprint density at radius 3 is 2.95 bits per heavy atom. The Kier molecular flexibility index (Phi) is 3.41. The molecule has 0 saturated heterocycles. The molecular formula is C11H13N5O3. The summed E-state index contributed by atoms with van der Waals surface area (Å²) in [6, 6.07) is 0. The van der Waals surface area contributed by atoms with Crippen LogP contribution in [0.1, 0.15) is 6.92 Å². The first-order chi connectivity index (χ1) is 9.04. The van der Waals surface area contributed by atoms with Crippen LogP contribution in [-0.4, -0.2) is 37.4 Å². The number of nitrogens with zero attached hydrogens (tertiary/aromatic N) is 5. The first-order valence-electron chi connectivity index (χ1n) is 5.65. The summed E-state index contributed by atoms with van der Waals surface area (Å²) < 4.78 is 7.30. The van der Waals surface area contributed by atoms with Gasteiger partial charge in [-0.25, -0.2) is 14.2 Å². The standard InChI is InChI=1S/C11H13N5O3/c1-4-19-11(18)7(2)6-16-10(17)8-5-12-15(3)9(8)13-14-16/h5H,2,4,6H2,1,3H3. The van der Waals surface area contributed by atoms with E-state index in [4.69, 9.17) is 4.74 Å². The number of rotatable bonds is 4. The fourth-order valence-corrected chi connectivity index (χ4v) is 1.56. The summed E-state index contributed by atoms with van der Waals surface area (Å²) in [6.45, 7) is 5.46. The van der Waals surface area contributed by atoms with Crippen molar-refractivity contribution in [1.82, 2.24) is 24.8 Å². The van der Waals surface area contributed by atoms with Crippen molar-refractivity contribution in [3.8, 4) is 0 Å². The van der Waals surface area contributed by atoms with Crippen LogP contribution in [0, 0.1) is 0 Å². The van der Waals surface area contributed by atoms with Gasteiger partial charge in [0.05, 0.1) is 24.9 Å². The molecule has 2 aromatic heterocycles. The van der Waals surface area contributed by atoms with Crippen LogP contribution in [0.15, 0.2) is 23.1 Å². The van der Waals surface area contributed by atoms with Gasteiger partial charge in [-0.05, 0) is 6.92 Å². The number of carbonyl (C=O) groups excluding carboxylic acids is 1. The SMILES string of the molecule is C=C(Cn1nnc2c(cnn2C)c1=O)C(=O)OCC. The molecule has 8 heteroatoms. The molecule has 0 spiro atoms. The van der Waals surface area contributed by atoms with E-state index in [2.05, 4.69) is 22.0 Å². The van der Waals surface area contributed by atoms with Crippen molar-refractivity contribution < 1.29 is 9.53 Å². The third-order valence-corrected chi connectivity index (χ3v) is 2.52. The Hall–Kier alpha value is -2.51. The molecule has 0 aliphatic rings. The van der Waals surface area contributed by atoms with Gasteiger partial charge in [0.1, 0.15) is 5.39 Å². The maximum Gasteiger partial charge on any atom is 0.335 e. The predicted octanol–water partition coefficient (Wildman–Crippen LogP) is -0.356. The average Bonchev–Trinajstić information content (AvgIpc) is 2.75. The Labute approximate surface area is 108 Å². The molecule has 0 aliphatic carbocycles. The van der Waals surface area contributed by atoms with Crippen molar-refractivity contribution in [3.63, 3.8) is 0 Å². The number of carbonyl (C=O) groups is 1. The number of esters is 1. The number of aromatic nitrogens is 5. The predicted molar refractivity (Wildman–Crippen MR) is 66.3 cm³/mol. The number of hydrogen-bond donors (Lipinski definition) is 0. The van der Waals surface area contributed by atoms with Gasteiger partial charge in [0.15, 0.2) is 5.65 Å². The highest BCUT2D eigenvalue weighted by atomic mass is 16.5. The summed E-state index contributed by atoms with van der Waals surface area (Å²) in [7, 11) is 1.67. The molecule has 0 fully saturated rings. The Bertz CT molecular complexity index is 700. The van der Waals surface area contributed by atoms with Crippen LogP contribution >= 0.6 is 0 Å². The highest BCUT2D eigenvalue weighted by Gasteiger charge is 2.13. The lowest BCUT2D eigenvalue weighted by atomic mass is 10.3. The van der Waals surface area contributed by atoms with Crippen LogP contribution in [0.5, 0.6) is 0 Å². The van der Waals surface area contributed by atoms with Gasteiger partial charge in [-0.2, -0.15) is 5.10 Å². The molecule has 0 bridgehead atoms. The third-order valence-electron chi connectivity index (χ3n) is 2.52. The van der Waals surface area contributed by atoms with Crippen molar-refractivity contribution in [1.29, 1.82) is 0 Å². The van der Waals surface area contributed by atoms with Crippen molar-refractivity contribution in [3.05, 3.63) is 28.7 Å². The van der Waals surface area contributed by atoms with E-state index in [9.17, 15) is 9.59 Å². The van der Waals surface area contributed by atoms with E-state index in [-0.39, 0.29) is 24.3 Å².